The van der Waals surface area contributed by atoms with Crippen LogP contribution in [0.3, 0.4) is 0 Å². The summed E-state index contributed by atoms with van der Waals surface area (Å²) >= 11 is 1.41. The Morgan fingerprint density at radius 3 is 2.55 bits per heavy atom. The van der Waals surface area contributed by atoms with Crippen molar-refractivity contribution >= 4 is 29.1 Å². The lowest BCUT2D eigenvalue weighted by Gasteiger charge is -2.33. The van der Waals surface area contributed by atoms with Crippen molar-refractivity contribution in [3.05, 3.63) is 22.4 Å². The number of hydrogen-bond donors (Lipinski definition) is 1. The number of piperidine rings is 1. The minimum absolute atomic E-state index is 0.00570. The summed E-state index contributed by atoms with van der Waals surface area (Å²) in [6.07, 6.45) is 4.24. The second kappa shape index (κ2) is 9.40. The fourth-order valence-corrected chi connectivity index (χ4v) is 4.65. The molecule has 29 heavy (non-hydrogen) atoms. The van der Waals surface area contributed by atoms with Crippen LogP contribution in [0.5, 0.6) is 0 Å². The van der Waals surface area contributed by atoms with Crippen molar-refractivity contribution in [3.8, 4) is 6.07 Å². The maximum absolute atomic E-state index is 12.5. The Balaban J connectivity index is 1.47. The Kier molecular flexibility index (Phi) is 6.91. The van der Waals surface area contributed by atoms with Gasteiger partial charge in [0.15, 0.2) is 6.10 Å². The second-order valence-corrected chi connectivity index (χ2v) is 8.81. The van der Waals surface area contributed by atoms with Crippen molar-refractivity contribution < 1.29 is 19.1 Å². The summed E-state index contributed by atoms with van der Waals surface area (Å²) in [4.78, 5) is 39.8. The monoisotopic (exact) mass is 417 g/mol. The minimum Gasteiger partial charge on any atom is -0.452 e. The number of nitrogens with zero attached hydrogens (tertiary/aromatic N) is 2. The second-order valence-electron chi connectivity index (χ2n) is 7.87. The third-order valence-electron chi connectivity index (χ3n) is 5.79. The van der Waals surface area contributed by atoms with Crippen LogP contribution in [0.1, 0.15) is 61.5 Å². The molecule has 1 aliphatic carbocycles. The number of rotatable bonds is 5. The fraction of sp³-hybridized carbons (Fsp3) is 0.619. The van der Waals surface area contributed by atoms with Gasteiger partial charge in [0.2, 0.25) is 0 Å². The number of esters is 1. The van der Waals surface area contributed by atoms with Gasteiger partial charge in [0, 0.05) is 13.1 Å². The molecule has 1 unspecified atom stereocenters. The van der Waals surface area contributed by atoms with Crippen LogP contribution in [-0.2, 0) is 14.3 Å². The van der Waals surface area contributed by atoms with Gasteiger partial charge in [0.1, 0.15) is 5.54 Å². The first-order valence-electron chi connectivity index (χ1n) is 10.2. The predicted molar refractivity (Wildman–Crippen MR) is 108 cm³/mol. The van der Waals surface area contributed by atoms with E-state index in [0.717, 1.165) is 19.3 Å². The molecule has 1 aromatic rings. The lowest BCUT2D eigenvalue weighted by molar-refractivity contribution is -0.160. The molecule has 3 rings (SSSR count). The molecule has 0 aromatic carbocycles. The topological polar surface area (TPSA) is 99.5 Å². The van der Waals surface area contributed by atoms with Crippen molar-refractivity contribution in [2.45, 2.75) is 63.5 Å². The highest BCUT2D eigenvalue weighted by molar-refractivity contribution is 7.12. The van der Waals surface area contributed by atoms with Crippen LogP contribution in [0.4, 0.5) is 0 Å². The zero-order valence-corrected chi connectivity index (χ0v) is 17.5. The number of amides is 2. The van der Waals surface area contributed by atoms with Gasteiger partial charge in [-0.15, -0.1) is 11.3 Å². The molecule has 0 radical (unpaired) electrons. The third-order valence-corrected chi connectivity index (χ3v) is 6.65. The molecule has 156 valence electrons. The highest BCUT2D eigenvalue weighted by Gasteiger charge is 2.36. The predicted octanol–water partition coefficient (Wildman–Crippen LogP) is 2.87. The van der Waals surface area contributed by atoms with E-state index in [1.54, 1.807) is 11.0 Å². The van der Waals surface area contributed by atoms with Crippen molar-refractivity contribution in [3.63, 3.8) is 0 Å². The zero-order chi connectivity index (χ0) is 20.9. The lowest BCUT2D eigenvalue weighted by Crippen LogP contribution is -2.52. The molecular weight excluding hydrogens is 390 g/mol. The third kappa shape index (κ3) is 5.15. The molecule has 2 aliphatic rings. The van der Waals surface area contributed by atoms with Crippen LogP contribution in [0.25, 0.3) is 0 Å². The van der Waals surface area contributed by atoms with Gasteiger partial charge in [0.25, 0.3) is 11.8 Å². The Morgan fingerprint density at radius 1 is 1.28 bits per heavy atom. The Bertz CT molecular complexity index is 772. The van der Waals surface area contributed by atoms with Gasteiger partial charge in [0.05, 0.1) is 16.9 Å². The average molecular weight is 418 g/mol. The quantitative estimate of drug-likeness (QED) is 0.743. The number of carbonyl (C=O) groups excluding carboxylic acids is 3. The molecular formula is C21H27N3O4S. The highest BCUT2D eigenvalue weighted by atomic mass is 32.1. The van der Waals surface area contributed by atoms with Gasteiger partial charge in [-0.1, -0.05) is 25.3 Å². The number of likely N-dealkylation sites (tertiary alicyclic amines) is 1. The number of nitrogens with one attached hydrogen (secondary N) is 1. The number of nitriles is 1. The first-order chi connectivity index (χ1) is 13.9. The molecule has 8 heteroatoms. The van der Waals surface area contributed by atoms with Crippen molar-refractivity contribution in [2.24, 2.45) is 5.92 Å². The van der Waals surface area contributed by atoms with Gasteiger partial charge in [-0.05, 0) is 44.1 Å². The van der Waals surface area contributed by atoms with E-state index in [9.17, 15) is 19.6 Å². The molecule has 1 aliphatic heterocycles. The molecule has 0 bridgehead atoms. The highest BCUT2D eigenvalue weighted by Crippen LogP contribution is 2.28. The van der Waals surface area contributed by atoms with Crippen molar-refractivity contribution in [2.75, 3.05) is 13.1 Å². The molecule has 1 atom stereocenters. The van der Waals surface area contributed by atoms with Crippen LogP contribution in [0.2, 0.25) is 0 Å². The largest absolute Gasteiger partial charge is 0.452 e. The average Bonchev–Trinajstić information content (AvgIpc) is 3.28. The summed E-state index contributed by atoms with van der Waals surface area (Å²) in [5.74, 6) is -1.16. The summed E-state index contributed by atoms with van der Waals surface area (Å²) in [7, 11) is 0. The number of hydrogen-bond acceptors (Lipinski definition) is 6. The van der Waals surface area contributed by atoms with Crippen molar-refractivity contribution in [1.82, 2.24) is 10.2 Å². The van der Waals surface area contributed by atoms with Crippen LogP contribution in [0.15, 0.2) is 17.5 Å². The summed E-state index contributed by atoms with van der Waals surface area (Å²) in [6.45, 7) is 2.53. The number of ether oxygens (including phenoxy) is 1. The van der Waals surface area contributed by atoms with Gasteiger partial charge in [-0.25, -0.2) is 0 Å². The maximum atomic E-state index is 12.5. The van der Waals surface area contributed by atoms with E-state index in [1.165, 1.54) is 18.3 Å². The SMILES string of the molecule is CC(OC(=O)C1CCN(C(=O)c2cccs2)CC1)C(=O)NC1(C#N)CCCCC1. The summed E-state index contributed by atoms with van der Waals surface area (Å²) in [5, 5.41) is 14.2. The fourth-order valence-electron chi connectivity index (χ4n) is 3.96. The first-order valence-corrected chi connectivity index (χ1v) is 11.1. The molecule has 0 spiro atoms. The Hall–Kier alpha value is -2.40. The van der Waals surface area contributed by atoms with Crippen LogP contribution in [-0.4, -0.2) is 47.4 Å². The van der Waals surface area contributed by atoms with Crippen LogP contribution >= 0.6 is 11.3 Å². The van der Waals surface area contributed by atoms with Crippen molar-refractivity contribution in [1.29, 1.82) is 5.26 Å². The summed E-state index contributed by atoms with van der Waals surface area (Å²) < 4.78 is 5.39. The molecule has 1 N–H and O–H groups in total. The molecule has 2 fully saturated rings. The summed E-state index contributed by atoms with van der Waals surface area (Å²) in [6, 6.07) is 5.88. The lowest BCUT2D eigenvalue weighted by atomic mass is 9.82. The number of carbonyl (C=O) groups is 3. The Labute approximate surface area is 175 Å². The maximum Gasteiger partial charge on any atom is 0.309 e. The molecule has 7 nitrogen and oxygen atoms in total. The van der Waals surface area contributed by atoms with E-state index in [4.69, 9.17) is 4.74 Å². The van der Waals surface area contributed by atoms with E-state index in [2.05, 4.69) is 11.4 Å². The minimum atomic E-state index is -0.944. The van der Waals surface area contributed by atoms with E-state index < -0.39 is 23.5 Å². The normalized spacial score (nSPS) is 20.3. The van der Waals surface area contributed by atoms with Crippen LogP contribution in [0, 0.1) is 17.2 Å². The van der Waals surface area contributed by atoms with E-state index in [-0.39, 0.29) is 11.8 Å². The van der Waals surface area contributed by atoms with Gasteiger partial charge >= 0.3 is 5.97 Å². The molecule has 2 heterocycles. The molecule has 1 saturated heterocycles. The first kappa shape index (κ1) is 21.3. The molecule has 1 saturated carbocycles. The standard InChI is InChI=1S/C21H27N3O4S/c1-15(18(25)23-21(14-22)9-3-2-4-10-21)28-20(27)16-7-11-24(12-8-16)19(26)17-6-5-13-29-17/h5-6,13,15-16H,2-4,7-12H2,1H3,(H,23,25). The van der Waals surface area contributed by atoms with E-state index in [1.807, 2.05) is 11.4 Å². The van der Waals surface area contributed by atoms with E-state index >= 15 is 0 Å². The smallest absolute Gasteiger partial charge is 0.309 e. The number of thiophene rings is 1. The van der Waals surface area contributed by atoms with E-state index in [0.29, 0.717) is 43.6 Å². The molecule has 1 aromatic heterocycles. The van der Waals surface area contributed by atoms with Gasteiger partial charge in [-0.2, -0.15) is 5.26 Å². The Morgan fingerprint density at radius 2 is 1.97 bits per heavy atom. The van der Waals surface area contributed by atoms with Gasteiger partial charge < -0.3 is 15.0 Å². The van der Waals surface area contributed by atoms with Crippen LogP contribution < -0.4 is 5.32 Å². The van der Waals surface area contributed by atoms with Gasteiger partial charge in [-0.3, -0.25) is 14.4 Å². The molecule has 2 amide bonds. The zero-order valence-electron chi connectivity index (χ0n) is 16.7. The summed E-state index contributed by atoms with van der Waals surface area (Å²) in [5.41, 5.74) is -0.844.